The van der Waals surface area contributed by atoms with Crippen molar-refractivity contribution >= 4 is 23.6 Å². The number of nitrogens with zero attached hydrogens (tertiary/aromatic N) is 1. The maximum atomic E-state index is 13.8. The minimum Gasteiger partial charge on any atom is -0.349 e. The predicted molar refractivity (Wildman–Crippen MR) is 132 cm³/mol. The van der Waals surface area contributed by atoms with E-state index in [4.69, 9.17) is 11.6 Å². The van der Waals surface area contributed by atoms with E-state index in [-0.39, 0.29) is 34.5 Å². The number of amides is 1. The van der Waals surface area contributed by atoms with Gasteiger partial charge in [-0.25, -0.2) is 4.39 Å². The summed E-state index contributed by atoms with van der Waals surface area (Å²) in [5, 5.41) is 2.71. The number of allylic oxidation sites excluding steroid dienone is 1. The molecule has 0 saturated carbocycles. The molecule has 2 atom stereocenters. The van der Waals surface area contributed by atoms with Crippen LogP contribution in [0.25, 0.3) is 6.08 Å². The van der Waals surface area contributed by atoms with Gasteiger partial charge in [-0.15, -0.1) is 0 Å². The summed E-state index contributed by atoms with van der Waals surface area (Å²) in [7, 11) is 0. The quantitative estimate of drug-likeness (QED) is 0.352. The highest BCUT2D eigenvalue weighted by Crippen LogP contribution is 2.39. The summed E-state index contributed by atoms with van der Waals surface area (Å²) >= 11 is 5.80. The number of fused-ring (bicyclic) bond motifs is 1. The SMILES string of the molecule is Cc1ccc(CC(=O)NC2CCc3cc(/C=C/C(c4cc(C)c(F)c(Cl)c4)C(F)(F)F)ccc32)cn1. The monoisotopic (exact) mass is 516 g/mol. The third-order valence-corrected chi connectivity index (χ3v) is 6.62. The lowest BCUT2D eigenvalue weighted by Crippen LogP contribution is -2.28. The molecule has 0 aliphatic heterocycles. The smallest absolute Gasteiger partial charge is 0.349 e. The number of carbonyl (C=O) groups is 1. The average Bonchev–Trinajstić information content (AvgIpc) is 3.20. The van der Waals surface area contributed by atoms with Crippen molar-refractivity contribution in [2.75, 3.05) is 0 Å². The highest BCUT2D eigenvalue weighted by atomic mass is 35.5. The lowest BCUT2D eigenvalue weighted by atomic mass is 9.95. The van der Waals surface area contributed by atoms with Crippen molar-refractivity contribution in [1.29, 1.82) is 0 Å². The second-order valence-electron chi connectivity index (χ2n) is 9.11. The highest BCUT2D eigenvalue weighted by molar-refractivity contribution is 6.30. The molecule has 0 radical (unpaired) electrons. The Morgan fingerprint density at radius 2 is 1.97 bits per heavy atom. The number of pyridine rings is 1. The van der Waals surface area contributed by atoms with Crippen molar-refractivity contribution in [3.8, 4) is 0 Å². The number of rotatable bonds is 6. The van der Waals surface area contributed by atoms with E-state index >= 15 is 0 Å². The lowest BCUT2D eigenvalue weighted by molar-refractivity contribution is -0.139. The first kappa shape index (κ1) is 25.9. The van der Waals surface area contributed by atoms with Crippen molar-refractivity contribution in [1.82, 2.24) is 10.3 Å². The largest absolute Gasteiger partial charge is 0.399 e. The normalized spacial score (nSPS) is 16.2. The Kier molecular flexibility index (Phi) is 7.50. The summed E-state index contributed by atoms with van der Waals surface area (Å²) in [4.78, 5) is 16.7. The van der Waals surface area contributed by atoms with Gasteiger partial charge >= 0.3 is 6.18 Å². The van der Waals surface area contributed by atoms with Crippen molar-refractivity contribution in [3.05, 3.63) is 105 Å². The zero-order chi connectivity index (χ0) is 26.0. The van der Waals surface area contributed by atoms with Gasteiger partial charge in [0.1, 0.15) is 5.82 Å². The van der Waals surface area contributed by atoms with Gasteiger partial charge in [-0.3, -0.25) is 9.78 Å². The molecule has 188 valence electrons. The van der Waals surface area contributed by atoms with Gasteiger partial charge in [0.15, 0.2) is 0 Å². The molecule has 0 saturated heterocycles. The highest BCUT2D eigenvalue weighted by Gasteiger charge is 2.39. The molecule has 2 aromatic carbocycles. The zero-order valence-corrected chi connectivity index (χ0v) is 20.6. The van der Waals surface area contributed by atoms with Crippen LogP contribution in [0.3, 0.4) is 0 Å². The van der Waals surface area contributed by atoms with Crippen LogP contribution in [0, 0.1) is 19.7 Å². The van der Waals surface area contributed by atoms with Crippen LogP contribution in [-0.2, 0) is 17.6 Å². The number of carbonyl (C=O) groups excluding carboxylic acids is 1. The van der Waals surface area contributed by atoms with Gasteiger partial charge in [-0.05, 0) is 72.2 Å². The maximum absolute atomic E-state index is 13.8. The summed E-state index contributed by atoms with van der Waals surface area (Å²) in [6, 6.07) is 11.2. The van der Waals surface area contributed by atoms with Crippen LogP contribution in [0.2, 0.25) is 5.02 Å². The predicted octanol–water partition coefficient (Wildman–Crippen LogP) is 7.20. The Balaban J connectivity index is 1.48. The summed E-state index contributed by atoms with van der Waals surface area (Å²) in [5.74, 6) is -2.75. The van der Waals surface area contributed by atoms with Gasteiger partial charge in [0, 0.05) is 11.9 Å². The van der Waals surface area contributed by atoms with Gasteiger partial charge in [-0.1, -0.05) is 54.1 Å². The van der Waals surface area contributed by atoms with Crippen LogP contribution in [0.5, 0.6) is 0 Å². The number of hydrogen-bond donors (Lipinski definition) is 1. The van der Waals surface area contributed by atoms with E-state index in [1.54, 1.807) is 12.3 Å². The van der Waals surface area contributed by atoms with E-state index in [0.29, 0.717) is 12.0 Å². The standard InChI is InChI=1S/C28H25ClF4N2O/c1-16-11-21(14-24(29)27(16)30)23(28(31,32)33)9-6-18-5-8-22-20(12-18)7-10-25(22)35-26(36)13-19-4-3-17(2)34-15-19/h3-6,8-9,11-12,14-15,23,25H,7,10,13H2,1-2H3,(H,35,36)/b9-6+. The lowest BCUT2D eigenvalue weighted by Gasteiger charge is -2.18. The van der Waals surface area contributed by atoms with Gasteiger partial charge in [0.25, 0.3) is 0 Å². The minimum atomic E-state index is -4.57. The second-order valence-corrected chi connectivity index (χ2v) is 9.52. The third-order valence-electron chi connectivity index (χ3n) is 6.34. The number of aryl methyl sites for hydroxylation is 3. The number of aromatic nitrogens is 1. The minimum absolute atomic E-state index is 0.0596. The number of benzene rings is 2. The second kappa shape index (κ2) is 10.4. The molecule has 1 aliphatic carbocycles. The van der Waals surface area contributed by atoms with E-state index in [1.165, 1.54) is 19.1 Å². The van der Waals surface area contributed by atoms with E-state index in [9.17, 15) is 22.4 Å². The molecule has 2 unspecified atom stereocenters. The van der Waals surface area contributed by atoms with E-state index < -0.39 is 17.9 Å². The first-order valence-corrected chi connectivity index (χ1v) is 11.9. The Bertz CT molecular complexity index is 1280. The number of nitrogens with one attached hydrogen (secondary N) is 1. The number of hydrogen-bond acceptors (Lipinski definition) is 2. The number of halogens is 5. The number of alkyl halides is 3. The topological polar surface area (TPSA) is 42.0 Å². The molecule has 1 aliphatic rings. The molecule has 3 nitrogen and oxygen atoms in total. The first-order chi connectivity index (χ1) is 17.0. The van der Waals surface area contributed by atoms with Crippen LogP contribution in [0.1, 0.15) is 57.5 Å². The zero-order valence-electron chi connectivity index (χ0n) is 19.8. The summed E-state index contributed by atoms with van der Waals surface area (Å²) in [5.41, 5.74) is 4.23. The molecular weight excluding hydrogens is 492 g/mol. The molecule has 1 amide bonds. The Labute approximate surface area is 212 Å². The van der Waals surface area contributed by atoms with Gasteiger partial charge in [0.05, 0.1) is 23.4 Å². The molecule has 0 spiro atoms. The van der Waals surface area contributed by atoms with Crippen molar-refractivity contribution in [2.45, 2.75) is 51.2 Å². The molecule has 4 rings (SSSR count). The summed E-state index contributed by atoms with van der Waals surface area (Å²) in [6.07, 6.45) is 1.26. The van der Waals surface area contributed by atoms with Crippen LogP contribution in [-0.4, -0.2) is 17.1 Å². The molecule has 0 bridgehead atoms. The summed E-state index contributed by atoms with van der Waals surface area (Å²) < 4.78 is 55.2. The van der Waals surface area contributed by atoms with Crippen LogP contribution in [0.15, 0.2) is 54.7 Å². The Morgan fingerprint density at radius 3 is 2.64 bits per heavy atom. The molecule has 3 aromatic rings. The molecule has 1 N–H and O–H groups in total. The molecule has 1 aromatic heterocycles. The molecule has 8 heteroatoms. The van der Waals surface area contributed by atoms with Gasteiger partial charge < -0.3 is 5.32 Å². The summed E-state index contributed by atoms with van der Waals surface area (Å²) in [6.45, 7) is 3.26. The molecular formula is C28H25ClF4N2O. The van der Waals surface area contributed by atoms with Crippen molar-refractivity contribution in [3.63, 3.8) is 0 Å². The first-order valence-electron chi connectivity index (χ1n) is 11.6. The van der Waals surface area contributed by atoms with E-state index in [1.807, 2.05) is 31.2 Å². The fraction of sp³-hybridized carbons (Fsp3) is 0.286. The van der Waals surface area contributed by atoms with Crippen LogP contribution < -0.4 is 5.32 Å². The van der Waals surface area contributed by atoms with Crippen molar-refractivity contribution < 1.29 is 22.4 Å². The van der Waals surface area contributed by atoms with E-state index in [2.05, 4.69) is 10.3 Å². The van der Waals surface area contributed by atoms with Crippen molar-refractivity contribution in [2.24, 2.45) is 0 Å². The fourth-order valence-corrected chi connectivity index (χ4v) is 4.75. The average molecular weight is 517 g/mol. The van der Waals surface area contributed by atoms with E-state index in [0.717, 1.165) is 40.9 Å². The van der Waals surface area contributed by atoms with Gasteiger partial charge in [-0.2, -0.15) is 13.2 Å². The third kappa shape index (κ3) is 5.95. The van der Waals surface area contributed by atoms with Crippen LogP contribution >= 0.6 is 11.6 Å². The Morgan fingerprint density at radius 1 is 1.19 bits per heavy atom. The maximum Gasteiger partial charge on any atom is 0.399 e. The molecule has 0 fully saturated rings. The van der Waals surface area contributed by atoms with Crippen LogP contribution in [0.4, 0.5) is 17.6 Å². The Hall–Kier alpha value is -3.19. The van der Waals surface area contributed by atoms with Gasteiger partial charge in [0.2, 0.25) is 5.91 Å². The fourth-order valence-electron chi connectivity index (χ4n) is 4.47. The molecule has 36 heavy (non-hydrogen) atoms. The molecule has 1 heterocycles.